The van der Waals surface area contributed by atoms with Gasteiger partial charge in [-0.3, -0.25) is 9.78 Å². The molecule has 0 saturated carbocycles. The van der Waals surface area contributed by atoms with Crippen LogP contribution in [0.25, 0.3) is 10.8 Å². The van der Waals surface area contributed by atoms with Gasteiger partial charge in [0.15, 0.2) is 0 Å². The fourth-order valence-electron chi connectivity index (χ4n) is 2.34. The predicted octanol–water partition coefficient (Wildman–Crippen LogP) is 1.94. The topological polar surface area (TPSA) is 68.5 Å². The first-order valence-corrected chi connectivity index (χ1v) is 6.76. The molecule has 0 bridgehead atoms. The molecule has 0 aliphatic carbocycles. The summed E-state index contributed by atoms with van der Waals surface area (Å²) in [6.07, 6.45) is 1.59. The van der Waals surface area contributed by atoms with Crippen LogP contribution in [0.1, 0.15) is 10.5 Å². The van der Waals surface area contributed by atoms with E-state index in [1.165, 1.54) is 0 Å². The number of carbonyl (C=O) groups excluding carboxylic acids is 1. The summed E-state index contributed by atoms with van der Waals surface area (Å²) in [7, 11) is 0. The summed E-state index contributed by atoms with van der Waals surface area (Å²) in [5.74, 6) is -0.0966. The summed E-state index contributed by atoms with van der Waals surface area (Å²) in [5, 5.41) is 1.96. The van der Waals surface area contributed by atoms with E-state index in [2.05, 4.69) is 4.98 Å². The zero-order valence-electron chi connectivity index (χ0n) is 10.8. The van der Waals surface area contributed by atoms with Crippen molar-refractivity contribution in [1.29, 1.82) is 0 Å². The number of nitrogen functional groups attached to an aromatic ring is 1. The van der Waals surface area contributed by atoms with Crippen molar-refractivity contribution in [3.8, 4) is 0 Å². The molecule has 3 rings (SSSR count). The molecule has 20 heavy (non-hydrogen) atoms. The number of amides is 1. The first-order chi connectivity index (χ1) is 9.68. The molecule has 1 saturated heterocycles. The van der Waals surface area contributed by atoms with Crippen LogP contribution in [0.15, 0.2) is 24.4 Å². The second-order valence-electron chi connectivity index (χ2n) is 4.62. The number of hydrogen-bond donors (Lipinski definition) is 1. The number of halogens is 1. The second kappa shape index (κ2) is 5.26. The van der Waals surface area contributed by atoms with Crippen LogP contribution in [0, 0.1) is 0 Å². The zero-order chi connectivity index (χ0) is 14.1. The standard InChI is InChI=1S/C14H14ClN3O2/c15-11-2-1-10-9(12(11)16)3-4-17-13(10)14(19)18-5-7-20-8-6-18/h1-4H,5-8,16H2. The van der Waals surface area contributed by atoms with Crippen LogP contribution < -0.4 is 5.73 Å². The highest BCUT2D eigenvalue weighted by molar-refractivity contribution is 6.34. The highest BCUT2D eigenvalue weighted by atomic mass is 35.5. The minimum atomic E-state index is -0.0966. The Morgan fingerprint density at radius 2 is 2.00 bits per heavy atom. The lowest BCUT2D eigenvalue weighted by Gasteiger charge is -2.26. The summed E-state index contributed by atoms with van der Waals surface area (Å²) < 4.78 is 5.26. The van der Waals surface area contributed by atoms with E-state index in [4.69, 9.17) is 22.1 Å². The van der Waals surface area contributed by atoms with Gasteiger partial charge in [0.2, 0.25) is 0 Å². The smallest absolute Gasteiger partial charge is 0.273 e. The number of morpholine rings is 1. The van der Waals surface area contributed by atoms with E-state index in [1.54, 1.807) is 29.3 Å². The third kappa shape index (κ3) is 2.19. The van der Waals surface area contributed by atoms with E-state index in [1.807, 2.05) is 0 Å². The lowest BCUT2D eigenvalue weighted by atomic mass is 10.1. The van der Waals surface area contributed by atoms with Gasteiger partial charge in [-0.15, -0.1) is 0 Å². The molecule has 0 spiro atoms. The predicted molar refractivity (Wildman–Crippen MR) is 77.9 cm³/mol. The van der Waals surface area contributed by atoms with Gasteiger partial charge in [-0.2, -0.15) is 0 Å². The molecule has 1 aliphatic rings. The minimum Gasteiger partial charge on any atom is -0.397 e. The lowest BCUT2D eigenvalue weighted by Crippen LogP contribution is -2.41. The Bertz CT molecular complexity index is 669. The number of pyridine rings is 1. The number of aromatic nitrogens is 1. The Balaban J connectivity index is 2.07. The van der Waals surface area contributed by atoms with E-state index in [0.29, 0.717) is 42.7 Å². The molecule has 6 heteroatoms. The minimum absolute atomic E-state index is 0.0966. The highest BCUT2D eigenvalue weighted by Crippen LogP contribution is 2.29. The molecule has 1 aromatic heterocycles. The SMILES string of the molecule is Nc1c(Cl)ccc2c(C(=O)N3CCOCC3)nccc12. The Morgan fingerprint density at radius 1 is 1.25 bits per heavy atom. The van der Waals surface area contributed by atoms with Gasteiger partial charge in [0.1, 0.15) is 5.69 Å². The maximum absolute atomic E-state index is 12.5. The van der Waals surface area contributed by atoms with Gasteiger partial charge in [0.25, 0.3) is 5.91 Å². The Morgan fingerprint density at radius 3 is 2.75 bits per heavy atom. The molecule has 1 aromatic carbocycles. The Labute approximate surface area is 121 Å². The van der Waals surface area contributed by atoms with Crippen molar-refractivity contribution in [2.24, 2.45) is 0 Å². The second-order valence-corrected chi connectivity index (χ2v) is 5.03. The Hall–Kier alpha value is -1.85. The molecule has 0 unspecified atom stereocenters. The molecular weight excluding hydrogens is 278 g/mol. The van der Waals surface area contributed by atoms with Crippen LogP contribution in [-0.4, -0.2) is 42.1 Å². The van der Waals surface area contributed by atoms with E-state index >= 15 is 0 Å². The van der Waals surface area contributed by atoms with Crippen molar-refractivity contribution < 1.29 is 9.53 Å². The normalized spacial score (nSPS) is 15.6. The summed E-state index contributed by atoms with van der Waals surface area (Å²) in [6, 6.07) is 5.25. The average molecular weight is 292 g/mol. The molecule has 1 amide bonds. The van der Waals surface area contributed by atoms with Crippen LogP contribution in [0.4, 0.5) is 5.69 Å². The van der Waals surface area contributed by atoms with Crippen LogP contribution in [0.2, 0.25) is 5.02 Å². The fraction of sp³-hybridized carbons (Fsp3) is 0.286. The Kier molecular flexibility index (Phi) is 3.46. The number of nitrogens with two attached hydrogens (primary N) is 1. The van der Waals surface area contributed by atoms with Crippen molar-refractivity contribution >= 4 is 34.0 Å². The quantitative estimate of drug-likeness (QED) is 0.815. The van der Waals surface area contributed by atoms with Gasteiger partial charge in [-0.05, 0) is 12.1 Å². The first-order valence-electron chi connectivity index (χ1n) is 6.38. The zero-order valence-corrected chi connectivity index (χ0v) is 11.6. The first kappa shape index (κ1) is 13.1. The monoisotopic (exact) mass is 291 g/mol. The number of ether oxygens (including phenoxy) is 1. The van der Waals surface area contributed by atoms with Crippen molar-refractivity contribution in [3.63, 3.8) is 0 Å². The number of anilines is 1. The molecule has 1 fully saturated rings. The molecular formula is C14H14ClN3O2. The molecule has 2 heterocycles. The number of fused-ring (bicyclic) bond motifs is 1. The van der Waals surface area contributed by atoms with E-state index in [-0.39, 0.29) is 5.91 Å². The largest absolute Gasteiger partial charge is 0.397 e. The average Bonchev–Trinajstić information content (AvgIpc) is 2.51. The van der Waals surface area contributed by atoms with Gasteiger partial charge in [-0.1, -0.05) is 17.7 Å². The number of nitrogens with zero attached hydrogens (tertiary/aromatic N) is 2. The lowest BCUT2D eigenvalue weighted by molar-refractivity contribution is 0.0300. The maximum atomic E-state index is 12.5. The van der Waals surface area contributed by atoms with E-state index in [0.717, 1.165) is 10.8 Å². The number of carbonyl (C=O) groups is 1. The molecule has 1 aliphatic heterocycles. The van der Waals surface area contributed by atoms with Crippen molar-refractivity contribution in [2.75, 3.05) is 32.0 Å². The van der Waals surface area contributed by atoms with Crippen LogP contribution in [-0.2, 0) is 4.74 Å². The third-order valence-electron chi connectivity index (χ3n) is 3.43. The number of hydrogen-bond acceptors (Lipinski definition) is 4. The van der Waals surface area contributed by atoms with E-state index < -0.39 is 0 Å². The van der Waals surface area contributed by atoms with Crippen LogP contribution in [0.5, 0.6) is 0 Å². The number of rotatable bonds is 1. The van der Waals surface area contributed by atoms with Crippen LogP contribution >= 0.6 is 11.6 Å². The summed E-state index contributed by atoms with van der Waals surface area (Å²) in [6.45, 7) is 2.29. The molecule has 0 atom stereocenters. The number of benzene rings is 1. The maximum Gasteiger partial charge on any atom is 0.273 e. The van der Waals surface area contributed by atoms with Gasteiger partial charge >= 0.3 is 0 Å². The van der Waals surface area contributed by atoms with Crippen molar-refractivity contribution in [2.45, 2.75) is 0 Å². The summed E-state index contributed by atoms with van der Waals surface area (Å²) >= 11 is 6.01. The molecule has 2 aromatic rings. The summed E-state index contributed by atoms with van der Waals surface area (Å²) in [5.41, 5.74) is 6.85. The molecule has 104 valence electrons. The summed E-state index contributed by atoms with van der Waals surface area (Å²) in [4.78, 5) is 18.5. The fourth-order valence-corrected chi connectivity index (χ4v) is 2.50. The molecule has 0 radical (unpaired) electrons. The van der Waals surface area contributed by atoms with Crippen LogP contribution in [0.3, 0.4) is 0 Å². The van der Waals surface area contributed by atoms with Gasteiger partial charge in [-0.25, -0.2) is 0 Å². The van der Waals surface area contributed by atoms with E-state index in [9.17, 15) is 4.79 Å². The highest BCUT2D eigenvalue weighted by Gasteiger charge is 2.22. The molecule has 5 nitrogen and oxygen atoms in total. The molecule has 2 N–H and O–H groups in total. The van der Waals surface area contributed by atoms with Gasteiger partial charge in [0.05, 0.1) is 23.9 Å². The van der Waals surface area contributed by atoms with Crippen molar-refractivity contribution in [3.05, 3.63) is 35.1 Å². The van der Waals surface area contributed by atoms with Gasteiger partial charge in [0, 0.05) is 30.1 Å². The van der Waals surface area contributed by atoms with Crippen molar-refractivity contribution in [1.82, 2.24) is 9.88 Å². The third-order valence-corrected chi connectivity index (χ3v) is 3.76. The van der Waals surface area contributed by atoms with Gasteiger partial charge < -0.3 is 15.4 Å².